The molecule has 8 heteroatoms. The van der Waals surface area contributed by atoms with Crippen LogP contribution in [0.5, 0.6) is 0 Å². The standard InChI is InChI=1S/C10H19N3O3S2/c1-7(2)16-4-5-18(14,15)13-10-12-9(6-17-10)8(3)11/h6-8H,4-5,11H2,1-3H3,(H,12,13). The highest BCUT2D eigenvalue weighted by Gasteiger charge is 2.14. The van der Waals surface area contributed by atoms with E-state index in [0.29, 0.717) is 10.8 Å². The first-order valence-corrected chi connectivity index (χ1v) is 8.16. The summed E-state index contributed by atoms with van der Waals surface area (Å²) in [5.74, 6) is -0.0850. The van der Waals surface area contributed by atoms with Crippen LogP contribution in [0.2, 0.25) is 0 Å². The molecule has 1 atom stereocenters. The second-order valence-corrected chi connectivity index (χ2v) is 6.91. The number of anilines is 1. The summed E-state index contributed by atoms with van der Waals surface area (Å²) < 4.78 is 31.0. The van der Waals surface area contributed by atoms with Gasteiger partial charge in [-0.3, -0.25) is 4.72 Å². The Balaban J connectivity index is 2.54. The van der Waals surface area contributed by atoms with Gasteiger partial charge < -0.3 is 10.5 Å². The number of ether oxygens (including phenoxy) is 1. The Bertz CT molecular complexity index is 468. The second kappa shape index (κ2) is 6.46. The molecule has 0 aliphatic heterocycles. The van der Waals surface area contributed by atoms with Gasteiger partial charge in [-0.05, 0) is 20.8 Å². The Labute approximate surface area is 112 Å². The van der Waals surface area contributed by atoms with Crippen molar-refractivity contribution in [1.82, 2.24) is 4.98 Å². The molecule has 1 unspecified atom stereocenters. The van der Waals surface area contributed by atoms with Crippen LogP contribution in [0, 0.1) is 0 Å². The van der Waals surface area contributed by atoms with Gasteiger partial charge in [0.05, 0.1) is 24.2 Å². The van der Waals surface area contributed by atoms with Crippen molar-refractivity contribution in [2.24, 2.45) is 5.73 Å². The number of sulfonamides is 1. The van der Waals surface area contributed by atoms with Gasteiger partial charge in [0.2, 0.25) is 10.0 Å². The van der Waals surface area contributed by atoms with Crippen LogP contribution in [0.4, 0.5) is 5.13 Å². The molecule has 1 aromatic heterocycles. The average molecular weight is 293 g/mol. The molecular formula is C10H19N3O3S2. The van der Waals surface area contributed by atoms with E-state index in [1.165, 1.54) is 11.3 Å². The number of thiazole rings is 1. The summed E-state index contributed by atoms with van der Waals surface area (Å²) in [4.78, 5) is 4.10. The van der Waals surface area contributed by atoms with Crippen LogP contribution in [0.3, 0.4) is 0 Å². The van der Waals surface area contributed by atoms with Gasteiger partial charge in [0.1, 0.15) is 0 Å². The Morgan fingerprint density at radius 2 is 2.17 bits per heavy atom. The molecule has 0 bridgehead atoms. The van der Waals surface area contributed by atoms with E-state index in [2.05, 4.69) is 9.71 Å². The van der Waals surface area contributed by atoms with E-state index in [-0.39, 0.29) is 24.5 Å². The number of aromatic nitrogens is 1. The van der Waals surface area contributed by atoms with Crippen molar-refractivity contribution in [3.05, 3.63) is 11.1 Å². The lowest BCUT2D eigenvalue weighted by Gasteiger charge is -2.08. The molecule has 0 aliphatic rings. The Kier molecular flexibility index (Phi) is 5.51. The van der Waals surface area contributed by atoms with Crippen molar-refractivity contribution in [3.63, 3.8) is 0 Å². The highest BCUT2D eigenvalue weighted by Crippen LogP contribution is 2.20. The number of nitrogens with one attached hydrogen (secondary N) is 1. The normalized spacial score (nSPS) is 13.8. The fraction of sp³-hybridized carbons (Fsp3) is 0.700. The molecule has 6 nitrogen and oxygen atoms in total. The van der Waals surface area contributed by atoms with Gasteiger partial charge in [-0.15, -0.1) is 11.3 Å². The summed E-state index contributed by atoms with van der Waals surface area (Å²) in [6, 6.07) is -0.205. The molecule has 3 N–H and O–H groups in total. The van der Waals surface area contributed by atoms with Crippen LogP contribution < -0.4 is 10.5 Å². The Morgan fingerprint density at radius 1 is 1.50 bits per heavy atom. The third-order valence-electron chi connectivity index (χ3n) is 2.03. The van der Waals surface area contributed by atoms with E-state index in [1.54, 1.807) is 12.3 Å². The van der Waals surface area contributed by atoms with Crippen molar-refractivity contribution in [1.29, 1.82) is 0 Å². The highest BCUT2D eigenvalue weighted by atomic mass is 32.2. The number of nitrogens with two attached hydrogens (primary N) is 1. The zero-order valence-electron chi connectivity index (χ0n) is 10.7. The zero-order valence-corrected chi connectivity index (χ0v) is 12.3. The van der Waals surface area contributed by atoms with Crippen molar-refractivity contribution < 1.29 is 13.2 Å². The number of nitrogens with zero attached hydrogens (tertiary/aromatic N) is 1. The monoisotopic (exact) mass is 293 g/mol. The van der Waals surface area contributed by atoms with E-state index in [1.807, 2.05) is 13.8 Å². The van der Waals surface area contributed by atoms with Gasteiger partial charge in [-0.25, -0.2) is 13.4 Å². The summed E-state index contributed by atoms with van der Waals surface area (Å²) in [6.07, 6.45) is 0.0183. The van der Waals surface area contributed by atoms with Gasteiger partial charge in [-0.2, -0.15) is 0 Å². The fourth-order valence-corrected chi connectivity index (χ4v) is 3.08. The largest absolute Gasteiger partial charge is 0.378 e. The van der Waals surface area contributed by atoms with Crippen molar-refractivity contribution in [3.8, 4) is 0 Å². The molecule has 104 valence electrons. The van der Waals surface area contributed by atoms with Crippen LogP contribution in [0.1, 0.15) is 32.5 Å². The second-order valence-electron chi connectivity index (χ2n) is 4.21. The molecular weight excluding hydrogens is 274 g/mol. The number of hydrogen-bond acceptors (Lipinski definition) is 6. The minimum absolute atomic E-state index is 0.0183. The van der Waals surface area contributed by atoms with Crippen LogP contribution in [0.15, 0.2) is 5.38 Å². The van der Waals surface area contributed by atoms with Gasteiger partial charge in [-0.1, -0.05) is 0 Å². The molecule has 0 fully saturated rings. The van der Waals surface area contributed by atoms with Gasteiger partial charge in [0.25, 0.3) is 0 Å². The average Bonchev–Trinajstić information content (AvgIpc) is 2.64. The fourth-order valence-electron chi connectivity index (χ4n) is 1.12. The number of hydrogen-bond donors (Lipinski definition) is 2. The first-order chi connectivity index (χ1) is 8.30. The molecule has 18 heavy (non-hydrogen) atoms. The van der Waals surface area contributed by atoms with Crippen LogP contribution >= 0.6 is 11.3 Å². The predicted molar refractivity (Wildman–Crippen MR) is 73.2 cm³/mol. The third kappa shape index (κ3) is 5.30. The van der Waals surface area contributed by atoms with Crippen molar-refractivity contribution in [2.75, 3.05) is 17.1 Å². The summed E-state index contributed by atoms with van der Waals surface area (Å²) >= 11 is 1.22. The van der Waals surface area contributed by atoms with E-state index < -0.39 is 10.0 Å². The molecule has 0 radical (unpaired) electrons. The molecule has 0 saturated heterocycles. The summed E-state index contributed by atoms with van der Waals surface area (Å²) in [5.41, 5.74) is 6.33. The molecule has 1 heterocycles. The molecule has 0 amide bonds. The first-order valence-electron chi connectivity index (χ1n) is 5.63. The van der Waals surface area contributed by atoms with Gasteiger partial charge in [0, 0.05) is 11.4 Å². The first kappa shape index (κ1) is 15.4. The predicted octanol–water partition coefficient (Wildman–Crippen LogP) is 1.33. The van der Waals surface area contributed by atoms with E-state index in [9.17, 15) is 8.42 Å². The quantitative estimate of drug-likeness (QED) is 0.791. The summed E-state index contributed by atoms with van der Waals surface area (Å²) in [7, 11) is -3.41. The van der Waals surface area contributed by atoms with Gasteiger partial charge >= 0.3 is 0 Å². The maximum absolute atomic E-state index is 11.7. The van der Waals surface area contributed by atoms with Gasteiger partial charge in [0.15, 0.2) is 5.13 Å². The van der Waals surface area contributed by atoms with E-state index in [4.69, 9.17) is 10.5 Å². The maximum atomic E-state index is 11.7. The van der Waals surface area contributed by atoms with Crippen LogP contribution in [0.25, 0.3) is 0 Å². The maximum Gasteiger partial charge on any atom is 0.236 e. The molecule has 0 spiro atoms. The molecule has 0 aromatic carbocycles. The minimum atomic E-state index is -3.41. The molecule has 1 aromatic rings. The lowest BCUT2D eigenvalue weighted by molar-refractivity contribution is 0.0913. The third-order valence-corrected chi connectivity index (χ3v) is 4.15. The lowest BCUT2D eigenvalue weighted by atomic mass is 10.3. The summed E-state index contributed by atoms with van der Waals surface area (Å²) in [6.45, 7) is 5.67. The zero-order chi connectivity index (χ0) is 13.8. The topological polar surface area (TPSA) is 94.3 Å². The van der Waals surface area contributed by atoms with Crippen molar-refractivity contribution >= 4 is 26.5 Å². The molecule has 0 saturated carbocycles. The van der Waals surface area contributed by atoms with Crippen molar-refractivity contribution in [2.45, 2.75) is 32.9 Å². The Hall–Kier alpha value is -0.700. The van der Waals surface area contributed by atoms with E-state index in [0.717, 1.165) is 0 Å². The molecule has 0 aliphatic carbocycles. The Morgan fingerprint density at radius 3 is 2.67 bits per heavy atom. The highest BCUT2D eigenvalue weighted by molar-refractivity contribution is 7.92. The smallest absolute Gasteiger partial charge is 0.236 e. The SMILES string of the molecule is CC(C)OCCS(=O)(=O)Nc1nc(C(C)N)cs1. The number of rotatable bonds is 7. The van der Waals surface area contributed by atoms with E-state index >= 15 is 0 Å². The minimum Gasteiger partial charge on any atom is -0.378 e. The van der Waals surface area contributed by atoms with Crippen LogP contribution in [-0.4, -0.2) is 31.9 Å². The summed E-state index contributed by atoms with van der Waals surface area (Å²) in [5, 5.41) is 2.08. The lowest BCUT2D eigenvalue weighted by Crippen LogP contribution is -2.21. The molecule has 1 rings (SSSR count). The van der Waals surface area contributed by atoms with Crippen LogP contribution in [-0.2, 0) is 14.8 Å².